The normalized spacial score (nSPS) is 16.1. The van der Waals surface area contributed by atoms with Crippen molar-refractivity contribution >= 4 is 34.0 Å². The van der Waals surface area contributed by atoms with Gasteiger partial charge in [-0.1, -0.05) is 60.7 Å². The van der Waals surface area contributed by atoms with Crippen molar-refractivity contribution < 1.29 is 9.59 Å². The molecule has 2 amide bonds. The number of anilines is 2. The zero-order valence-corrected chi connectivity index (χ0v) is 17.7. The predicted octanol–water partition coefficient (Wildman–Crippen LogP) is 3.88. The highest BCUT2D eigenvalue weighted by molar-refractivity contribution is 7.15. The van der Waals surface area contributed by atoms with E-state index in [9.17, 15) is 9.59 Å². The maximum Gasteiger partial charge on any atom is 0.231 e. The van der Waals surface area contributed by atoms with Crippen LogP contribution in [-0.4, -0.2) is 28.6 Å². The SMILES string of the molecule is CCc1ccc(N2C[C@H](C(=O)Nc3nnc(CCc4ccccc4)s3)CC2=O)cc1. The summed E-state index contributed by atoms with van der Waals surface area (Å²) in [5.41, 5.74) is 3.31. The summed E-state index contributed by atoms with van der Waals surface area (Å²) in [6, 6.07) is 18.1. The van der Waals surface area contributed by atoms with Gasteiger partial charge in [-0.05, 0) is 36.1 Å². The van der Waals surface area contributed by atoms with Gasteiger partial charge in [0.1, 0.15) is 5.01 Å². The third-order valence-corrected chi connectivity index (χ3v) is 6.22. The van der Waals surface area contributed by atoms with Crippen LogP contribution in [0.1, 0.15) is 29.5 Å². The number of nitrogens with zero attached hydrogens (tertiary/aromatic N) is 3. The van der Waals surface area contributed by atoms with Gasteiger partial charge in [0.15, 0.2) is 0 Å². The van der Waals surface area contributed by atoms with Gasteiger partial charge in [-0.25, -0.2) is 0 Å². The Morgan fingerprint density at radius 2 is 1.83 bits per heavy atom. The molecule has 1 aliphatic rings. The second-order valence-corrected chi connectivity index (χ2v) is 8.46. The van der Waals surface area contributed by atoms with E-state index in [1.807, 2.05) is 42.5 Å². The summed E-state index contributed by atoms with van der Waals surface area (Å²) in [6.07, 6.45) is 2.82. The Morgan fingerprint density at radius 3 is 2.57 bits per heavy atom. The number of carbonyl (C=O) groups is 2. The van der Waals surface area contributed by atoms with Crippen LogP contribution in [0.3, 0.4) is 0 Å². The van der Waals surface area contributed by atoms with Gasteiger partial charge in [0.05, 0.1) is 5.92 Å². The summed E-state index contributed by atoms with van der Waals surface area (Å²) >= 11 is 1.39. The molecule has 1 saturated heterocycles. The Balaban J connectivity index is 1.33. The predicted molar refractivity (Wildman–Crippen MR) is 119 cm³/mol. The van der Waals surface area contributed by atoms with E-state index in [0.717, 1.165) is 30.0 Å². The molecular weight excluding hydrogens is 396 g/mol. The molecule has 0 saturated carbocycles. The fourth-order valence-corrected chi connectivity index (χ4v) is 4.30. The van der Waals surface area contributed by atoms with Crippen LogP contribution in [0.2, 0.25) is 0 Å². The number of rotatable bonds is 7. The third-order valence-electron chi connectivity index (χ3n) is 5.32. The van der Waals surface area contributed by atoms with Crippen LogP contribution in [0.4, 0.5) is 10.8 Å². The van der Waals surface area contributed by atoms with E-state index in [-0.39, 0.29) is 24.2 Å². The van der Waals surface area contributed by atoms with E-state index in [1.165, 1.54) is 22.5 Å². The average Bonchev–Trinajstić information content (AvgIpc) is 3.39. The molecule has 4 rings (SSSR count). The molecule has 6 nitrogen and oxygen atoms in total. The van der Waals surface area contributed by atoms with Crippen LogP contribution >= 0.6 is 11.3 Å². The minimum absolute atomic E-state index is 0.0276. The van der Waals surface area contributed by atoms with Gasteiger partial charge in [-0.3, -0.25) is 9.59 Å². The molecule has 0 unspecified atom stereocenters. The molecule has 1 aromatic heterocycles. The minimum atomic E-state index is -0.389. The fraction of sp³-hybridized carbons (Fsp3) is 0.304. The van der Waals surface area contributed by atoms with Gasteiger partial charge >= 0.3 is 0 Å². The van der Waals surface area contributed by atoms with Crippen molar-refractivity contribution in [3.63, 3.8) is 0 Å². The Bertz CT molecular complexity index is 1020. The van der Waals surface area contributed by atoms with Gasteiger partial charge in [-0.2, -0.15) is 0 Å². The van der Waals surface area contributed by atoms with Crippen molar-refractivity contribution in [2.24, 2.45) is 5.92 Å². The van der Waals surface area contributed by atoms with Crippen molar-refractivity contribution in [3.05, 3.63) is 70.7 Å². The number of benzene rings is 2. The van der Waals surface area contributed by atoms with E-state index in [0.29, 0.717) is 11.7 Å². The number of aryl methyl sites for hydroxylation is 3. The Morgan fingerprint density at radius 1 is 1.07 bits per heavy atom. The zero-order chi connectivity index (χ0) is 20.9. The van der Waals surface area contributed by atoms with Gasteiger partial charge < -0.3 is 10.2 Å². The van der Waals surface area contributed by atoms with Gasteiger partial charge in [0.2, 0.25) is 16.9 Å². The number of nitrogens with one attached hydrogen (secondary N) is 1. The first-order chi connectivity index (χ1) is 14.6. The molecule has 1 atom stereocenters. The van der Waals surface area contributed by atoms with E-state index in [1.54, 1.807) is 4.90 Å². The largest absolute Gasteiger partial charge is 0.312 e. The molecule has 30 heavy (non-hydrogen) atoms. The Labute approximate surface area is 180 Å². The lowest BCUT2D eigenvalue weighted by atomic mass is 10.1. The molecule has 7 heteroatoms. The van der Waals surface area contributed by atoms with Crippen LogP contribution in [0.15, 0.2) is 54.6 Å². The second kappa shape index (κ2) is 9.17. The molecule has 0 aliphatic carbocycles. The van der Waals surface area contributed by atoms with Crippen molar-refractivity contribution in [2.75, 3.05) is 16.8 Å². The van der Waals surface area contributed by atoms with E-state index in [4.69, 9.17) is 0 Å². The number of amides is 2. The molecule has 0 radical (unpaired) electrons. The van der Waals surface area contributed by atoms with Crippen LogP contribution in [0.5, 0.6) is 0 Å². The lowest BCUT2D eigenvalue weighted by molar-refractivity contribution is -0.122. The summed E-state index contributed by atoms with van der Waals surface area (Å²) in [7, 11) is 0. The number of carbonyl (C=O) groups excluding carboxylic acids is 2. The monoisotopic (exact) mass is 420 g/mol. The van der Waals surface area contributed by atoms with Crippen LogP contribution in [-0.2, 0) is 28.9 Å². The lowest BCUT2D eigenvalue weighted by Gasteiger charge is -2.17. The smallest absolute Gasteiger partial charge is 0.231 e. The van der Waals surface area contributed by atoms with Crippen LogP contribution in [0.25, 0.3) is 0 Å². The molecular formula is C23H24N4O2S. The van der Waals surface area contributed by atoms with Crippen molar-refractivity contribution in [2.45, 2.75) is 32.6 Å². The number of aromatic nitrogens is 2. The summed E-state index contributed by atoms with van der Waals surface area (Å²) in [4.78, 5) is 26.8. The van der Waals surface area contributed by atoms with Crippen molar-refractivity contribution in [3.8, 4) is 0 Å². The highest BCUT2D eigenvalue weighted by Crippen LogP contribution is 2.27. The first-order valence-electron chi connectivity index (χ1n) is 10.2. The van der Waals surface area contributed by atoms with Crippen LogP contribution < -0.4 is 10.2 Å². The van der Waals surface area contributed by atoms with Crippen molar-refractivity contribution in [1.82, 2.24) is 10.2 Å². The first kappa shape index (κ1) is 20.2. The summed E-state index contributed by atoms with van der Waals surface area (Å²) in [5.74, 6) is -0.595. The maximum atomic E-state index is 12.7. The minimum Gasteiger partial charge on any atom is -0.312 e. The topological polar surface area (TPSA) is 75.2 Å². The van der Waals surface area contributed by atoms with Gasteiger partial charge in [0, 0.05) is 25.1 Å². The molecule has 0 spiro atoms. The molecule has 2 aromatic carbocycles. The quantitative estimate of drug-likeness (QED) is 0.629. The average molecular weight is 421 g/mol. The third kappa shape index (κ3) is 4.74. The molecule has 1 aliphatic heterocycles. The summed E-state index contributed by atoms with van der Waals surface area (Å²) in [5, 5.41) is 12.5. The van der Waals surface area contributed by atoms with E-state index in [2.05, 4.69) is 34.6 Å². The molecule has 3 aromatic rings. The number of hydrogen-bond acceptors (Lipinski definition) is 5. The second-order valence-electron chi connectivity index (χ2n) is 7.40. The Kier molecular flexibility index (Phi) is 6.18. The Hall–Kier alpha value is -3.06. The van der Waals surface area contributed by atoms with Gasteiger partial charge in [0.25, 0.3) is 0 Å². The highest BCUT2D eigenvalue weighted by atomic mass is 32.1. The van der Waals surface area contributed by atoms with E-state index < -0.39 is 0 Å². The van der Waals surface area contributed by atoms with Gasteiger partial charge in [-0.15, -0.1) is 10.2 Å². The molecule has 0 bridgehead atoms. The van der Waals surface area contributed by atoms with E-state index >= 15 is 0 Å². The molecule has 1 fully saturated rings. The molecule has 154 valence electrons. The summed E-state index contributed by atoms with van der Waals surface area (Å²) in [6.45, 7) is 2.48. The van der Waals surface area contributed by atoms with Crippen LogP contribution in [0, 0.1) is 5.92 Å². The molecule has 2 heterocycles. The summed E-state index contributed by atoms with van der Waals surface area (Å²) < 4.78 is 0. The van der Waals surface area contributed by atoms with Crippen molar-refractivity contribution in [1.29, 1.82) is 0 Å². The standard InChI is InChI=1S/C23H24N4O2S/c1-2-16-8-11-19(12-9-16)27-15-18(14-21(27)28)22(29)24-23-26-25-20(30-23)13-10-17-6-4-3-5-7-17/h3-9,11-12,18H,2,10,13-15H2,1H3,(H,24,26,29)/t18-/m1/s1. The molecule has 1 N–H and O–H groups in total. The maximum absolute atomic E-state index is 12.7. The number of hydrogen-bond donors (Lipinski definition) is 1. The fourth-order valence-electron chi connectivity index (χ4n) is 3.55. The highest BCUT2D eigenvalue weighted by Gasteiger charge is 2.35. The lowest BCUT2D eigenvalue weighted by Crippen LogP contribution is -2.28. The zero-order valence-electron chi connectivity index (χ0n) is 16.9. The first-order valence-corrected chi connectivity index (χ1v) is 11.0.